The quantitative estimate of drug-likeness (QED) is 0.106. The van der Waals surface area contributed by atoms with E-state index in [4.69, 9.17) is 9.47 Å². The van der Waals surface area contributed by atoms with Crippen molar-refractivity contribution in [2.24, 2.45) is 0 Å². The van der Waals surface area contributed by atoms with Crippen molar-refractivity contribution in [2.75, 3.05) is 26.3 Å². The third-order valence-electron chi connectivity index (χ3n) is 7.10. The average molecular weight is 620 g/mol. The lowest BCUT2D eigenvalue weighted by Crippen LogP contribution is -3.00. The molecule has 1 amide bonds. The number of amides is 1. The Bertz CT molecular complexity index is 655. The van der Waals surface area contributed by atoms with Gasteiger partial charge >= 0.3 is 6.09 Å². The minimum Gasteiger partial charge on any atom is -1.00 e. The summed E-state index contributed by atoms with van der Waals surface area (Å²) in [6, 6.07) is 0. The number of ether oxygens (including phenoxy) is 2. The predicted octanol–water partition coefficient (Wildman–Crippen LogP) is 3.90. The van der Waals surface area contributed by atoms with Crippen molar-refractivity contribution >= 4 is 6.09 Å². The molecule has 36 heavy (non-hydrogen) atoms. The van der Waals surface area contributed by atoms with Gasteiger partial charge in [-0.1, -0.05) is 90.4 Å². The molecule has 1 aromatic rings. The van der Waals surface area contributed by atoms with E-state index in [-0.39, 0.29) is 36.2 Å². The summed E-state index contributed by atoms with van der Waals surface area (Å²) in [5, 5.41) is 0. The van der Waals surface area contributed by atoms with Crippen LogP contribution in [-0.2, 0) is 22.6 Å². The summed E-state index contributed by atoms with van der Waals surface area (Å²) >= 11 is 0. The Labute approximate surface area is 238 Å². The highest BCUT2D eigenvalue weighted by atomic mass is 127. The van der Waals surface area contributed by atoms with E-state index in [0.717, 1.165) is 45.5 Å². The smallest absolute Gasteiger partial charge is 0.410 e. The van der Waals surface area contributed by atoms with Crippen molar-refractivity contribution in [1.82, 2.24) is 9.47 Å². The number of unbranched alkanes of at least 4 members (excludes halogenated alkanes) is 14. The molecule has 0 N–H and O–H groups in total. The third-order valence-corrected chi connectivity index (χ3v) is 7.10. The summed E-state index contributed by atoms with van der Waals surface area (Å²) in [5.41, 5.74) is 0. The van der Waals surface area contributed by atoms with Crippen molar-refractivity contribution < 1.29 is 42.8 Å². The lowest BCUT2D eigenvalue weighted by molar-refractivity contribution is -0.696. The van der Waals surface area contributed by atoms with Crippen LogP contribution in [0.25, 0.3) is 0 Å². The SMILES string of the molecule is CCCCCCCCCCCCCCCCOCC1CN(CCCC[n+]2ccn(CC)c2)C(=O)O1.[I-]. The van der Waals surface area contributed by atoms with Crippen molar-refractivity contribution in [3.63, 3.8) is 0 Å². The molecule has 1 aliphatic rings. The predicted molar refractivity (Wildman–Crippen MR) is 143 cm³/mol. The molecule has 1 saturated heterocycles. The highest BCUT2D eigenvalue weighted by Gasteiger charge is 2.30. The molecule has 2 rings (SSSR count). The number of hydrogen-bond acceptors (Lipinski definition) is 3. The monoisotopic (exact) mass is 619 g/mol. The second kappa shape index (κ2) is 22.2. The Morgan fingerprint density at radius 3 is 2.08 bits per heavy atom. The van der Waals surface area contributed by atoms with Gasteiger partial charge in [-0.2, -0.15) is 0 Å². The fraction of sp³-hybridized carbons (Fsp3) is 0.862. The van der Waals surface area contributed by atoms with Crippen LogP contribution >= 0.6 is 0 Å². The van der Waals surface area contributed by atoms with E-state index >= 15 is 0 Å². The number of carbonyl (C=O) groups is 1. The van der Waals surface area contributed by atoms with Gasteiger partial charge in [0.2, 0.25) is 6.33 Å². The van der Waals surface area contributed by atoms with Crippen molar-refractivity contribution in [1.29, 1.82) is 0 Å². The number of hydrogen-bond donors (Lipinski definition) is 0. The van der Waals surface area contributed by atoms with Gasteiger partial charge in [0.05, 0.1) is 26.2 Å². The van der Waals surface area contributed by atoms with Gasteiger partial charge in [-0.15, -0.1) is 0 Å². The second-order valence-electron chi connectivity index (χ2n) is 10.3. The number of rotatable bonds is 23. The number of carbonyl (C=O) groups excluding carboxylic acids is 1. The maximum absolute atomic E-state index is 12.1. The summed E-state index contributed by atoms with van der Waals surface area (Å²) in [6.45, 7) is 9.15. The van der Waals surface area contributed by atoms with Gasteiger partial charge in [-0.25, -0.2) is 13.9 Å². The summed E-state index contributed by atoms with van der Waals surface area (Å²) in [4.78, 5) is 13.9. The van der Waals surface area contributed by atoms with Gasteiger partial charge in [-0.3, -0.25) is 0 Å². The van der Waals surface area contributed by atoms with E-state index in [9.17, 15) is 4.79 Å². The molecule has 7 heteroatoms. The number of cyclic esters (lactones) is 1. The maximum Gasteiger partial charge on any atom is 0.410 e. The third kappa shape index (κ3) is 15.4. The standard InChI is InChI=1S/C29H54N3O3.HI/c1-3-5-6-7-8-9-10-11-12-13-14-15-16-19-24-34-26-28-25-32(29(33)35-28)21-18-17-20-31-23-22-30(4-2)27-31;/h22-23,27-28H,3-21,24-26H2,1-2H3;1H/q+1;/p-1. The molecule has 1 aliphatic heterocycles. The Balaban J connectivity index is 0.00000648. The topological polar surface area (TPSA) is 47.6 Å². The molecule has 1 fully saturated rings. The number of nitrogens with zero attached hydrogens (tertiary/aromatic N) is 3. The van der Waals surface area contributed by atoms with Crippen LogP contribution in [0, 0.1) is 0 Å². The van der Waals surface area contributed by atoms with Gasteiger partial charge in [0, 0.05) is 13.2 Å². The van der Waals surface area contributed by atoms with Gasteiger partial charge in [-0.05, 0) is 26.2 Å². The Morgan fingerprint density at radius 1 is 0.889 bits per heavy atom. The average Bonchev–Trinajstić information content (AvgIpc) is 3.47. The summed E-state index contributed by atoms with van der Waals surface area (Å²) < 4.78 is 15.7. The Hall–Kier alpha value is -0.830. The zero-order valence-corrected chi connectivity index (χ0v) is 25.5. The molecule has 6 nitrogen and oxygen atoms in total. The number of aryl methyl sites for hydroxylation is 2. The first-order valence-electron chi connectivity index (χ1n) is 14.8. The first-order valence-corrected chi connectivity index (χ1v) is 14.8. The zero-order valence-electron chi connectivity index (χ0n) is 23.3. The molecule has 1 atom stereocenters. The molecule has 1 aromatic heterocycles. The minimum absolute atomic E-state index is 0. The minimum atomic E-state index is -0.181. The molecule has 0 bridgehead atoms. The molecule has 0 saturated carbocycles. The Kier molecular flexibility index (Phi) is 20.5. The summed E-state index contributed by atoms with van der Waals surface area (Å²) in [6.07, 6.45) is 27.2. The molecule has 2 heterocycles. The van der Waals surface area contributed by atoms with Crippen molar-refractivity contribution in [2.45, 2.75) is 136 Å². The zero-order chi connectivity index (χ0) is 25.0. The largest absolute Gasteiger partial charge is 1.00 e. The molecular formula is C29H54IN3O3. The van der Waals surface area contributed by atoms with Crippen LogP contribution in [0.5, 0.6) is 0 Å². The van der Waals surface area contributed by atoms with Crippen LogP contribution in [0.15, 0.2) is 18.7 Å². The van der Waals surface area contributed by atoms with E-state index in [2.05, 4.69) is 41.7 Å². The maximum atomic E-state index is 12.1. The number of imidazole rings is 1. The molecule has 1 unspecified atom stereocenters. The van der Waals surface area contributed by atoms with Crippen LogP contribution in [0.4, 0.5) is 4.79 Å². The van der Waals surface area contributed by atoms with Crippen LogP contribution in [0.3, 0.4) is 0 Å². The van der Waals surface area contributed by atoms with Crippen molar-refractivity contribution in [3.05, 3.63) is 18.7 Å². The first kappa shape index (κ1) is 33.2. The van der Waals surface area contributed by atoms with Crippen molar-refractivity contribution in [3.8, 4) is 0 Å². The lowest BCUT2D eigenvalue weighted by atomic mass is 10.0. The lowest BCUT2D eigenvalue weighted by Gasteiger charge is -2.12. The normalized spacial score (nSPS) is 15.3. The molecule has 0 aliphatic carbocycles. The first-order chi connectivity index (χ1) is 17.2. The van der Waals surface area contributed by atoms with Gasteiger partial charge < -0.3 is 38.4 Å². The van der Waals surface area contributed by atoms with Gasteiger partial charge in [0.25, 0.3) is 0 Å². The van der Waals surface area contributed by atoms with Crippen LogP contribution < -0.4 is 28.5 Å². The summed E-state index contributed by atoms with van der Waals surface area (Å²) in [7, 11) is 0. The second-order valence-corrected chi connectivity index (χ2v) is 10.3. The molecule has 0 radical (unpaired) electrons. The Morgan fingerprint density at radius 2 is 1.50 bits per heavy atom. The highest BCUT2D eigenvalue weighted by molar-refractivity contribution is 5.69. The molecular weight excluding hydrogens is 565 g/mol. The fourth-order valence-electron chi connectivity index (χ4n) is 4.81. The van der Waals surface area contributed by atoms with Crippen LogP contribution in [0.1, 0.15) is 117 Å². The number of halogens is 1. The highest BCUT2D eigenvalue weighted by Crippen LogP contribution is 2.14. The molecule has 0 spiro atoms. The summed E-state index contributed by atoms with van der Waals surface area (Å²) in [5.74, 6) is 0. The molecule has 0 aromatic carbocycles. The van der Waals surface area contributed by atoms with Gasteiger partial charge in [0.1, 0.15) is 18.5 Å². The van der Waals surface area contributed by atoms with E-state index in [1.54, 1.807) is 0 Å². The van der Waals surface area contributed by atoms with Crippen LogP contribution in [0.2, 0.25) is 0 Å². The number of aromatic nitrogens is 2. The van der Waals surface area contributed by atoms with Gasteiger partial charge in [0.15, 0.2) is 0 Å². The molecule has 210 valence electrons. The fourth-order valence-corrected chi connectivity index (χ4v) is 4.81. The van der Waals surface area contributed by atoms with E-state index in [1.165, 1.54) is 83.5 Å². The van der Waals surface area contributed by atoms with Crippen LogP contribution in [-0.4, -0.2) is 48.0 Å². The van der Waals surface area contributed by atoms with E-state index in [0.29, 0.717) is 13.2 Å². The van der Waals surface area contributed by atoms with E-state index in [1.807, 2.05) is 4.90 Å². The van der Waals surface area contributed by atoms with E-state index < -0.39 is 0 Å².